The van der Waals surface area contributed by atoms with Crippen molar-refractivity contribution >= 4 is 21.8 Å². The Morgan fingerprint density at radius 2 is 1.93 bits per heavy atom. The lowest BCUT2D eigenvalue weighted by atomic mass is 10.1. The number of amides is 1. The van der Waals surface area contributed by atoms with Gasteiger partial charge in [-0.25, -0.2) is 0 Å². The number of nitrogens with one attached hydrogen (secondary N) is 2. The highest BCUT2D eigenvalue weighted by Gasteiger charge is 2.16. The zero-order chi connectivity index (χ0) is 20.6. The number of nitrogens with zero attached hydrogens (tertiary/aromatic N) is 1. The van der Waals surface area contributed by atoms with Crippen LogP contribution in [0.1, 0.15) is 38.8 Å². The van der Waals surface area contributed by atoms with Crippen LogP contribution in [-0.2, 0) is 17.9 Å². The zero-order valence-electron chi connectivity index (χ0n) is 16.8. The predicted octanol–water partition coefficient (Wildman–Crippen LogP) is 3.83. The third-order valence-corrected chi connectivity index (χ3v) is 4.39. The van der Waals surface area contributed by atoms with Gasteiger partial charge >= 0.3 is 0 Å². The average Bonchev–Trinajstić information content (AvgIpc) is 2.62. The van der Waals surface area contributed by atoms with Gasteiger partial charge in [-0.2, -0.15) is 0 Å². The molecule has 0 aliphatic carbocycles. The first-order chi connectivity index (χ1) is 13.3. The molecule has 0 aliphatic heterocycles. The minimum absolute atomic E-state index is 0.0671. The highest BCUT2D eigenvalue weighted by atomic mass is 79.9. The average molecular weight is 450 g/mol. The summed E-state index contributed by atoms with van der Waals surface area (Å²) in [6.07, 6.45) is 3.60. The van der Waals surface area contributed by atoms with Gasteiger partial charge in [0.1, 0.15) is 0 Å². The van der Waals surface area contributed by atoms with Crippen molar-refractivity contribution in [3.05, 3.63) is 52.3 Å². The molecule has 0 saturated carbocycles. The molecule has 0 spiro atoms. The van der Waals surface area contributed by atoms with Crippen LogP contribution in [0.4, 0.5) is 0 Å². The van der Waals surface area contributed by atoms with E-state index in [1.54, 1.807) is 6.20 Å². The summed E-state index contributed by atoms with van der Waals surface area (Å²) in [7, 11) is 0. The van der Waals surface area contributed by atoms with Crippen LogP contribution in [0.15, 0.2) is 41.1 Å². The quantitative estimate of drug-likeness (QED) is 0.608. The van der Waals surface area contributed by atoms with Gasteiger partial charge in [-0.15, -0.1) is 0 Å². The maximum Gasteiger partial charge on any atom is 0.258 e. The lowest BCUT2D eigenvalue weighted by Crippen LogP contribution is -2.43. The summed E-state index contributed by atoms with van der Waals surface area (Å²) in [5.74, 6) is 0.981. The third kappa shape index (κ3) is 7.48. The second kappa shape index (κ2) is 10.4. The number of carbonyl (C=O) groups is 1. The number of pyridine rings is 1. The van der Waals surface area contributed by atoms with Gasteiger partial charge in [0.15, 0.2) is 18.1 Å². The Morgan fingerprint density at radius 1 is 1.18 bits per heavy atom. The van der Waals surface area contributed by atoms with Gasteiger partial charge in [0, 0.05) is 35.5 Å². The molecule has 0 fully saturated rings. The predicted molar refractivity (Wildman–Crippen MR) is 113 cm³/mol. The topological polar surface area (TPSA) is 72.5 Å². The fourth-order valence-electron chi connectivity index (χ4n) is 2.54. The molecule has 1 aromatic carbocycles. The Kier molecular flexibility index (Phi) is 8.26. The number of rotatable bonds is 9. The molecule has 0 bridgehead atoms. The number of halogens is 1. The molecule has 6 nitrogen and oxygen atoms in total. The monoisotopic (exact) mass is 449 g/mol. The van der Waals surface area contributed by atoms with Crippen molar-refractivity contribution in [2.75, 3.05) is 13.2 Å². The summed E-state index contributed by atoms with van der Waals surface area (Å²) in [5.41, 5.74) is 1.86. The van der Waals surface area contributed by atoms with Crippen molar-refractivity contribution in [1.82, 2.24) is 15.6 Å². The van der Waals surface area contributed by atoms with Gasteiger partial charge < -0.3 is 20.1 Å². The highest BCUT2D eigenvalue weighted by Crippen LogP contribution is 2.34. The minimum Gasteiger partial charge on any atom is -0.490 e. The van der Waals surface area contributed by atoms with Crippen LogP contribution < -0.4 is 20.1 Å². The van der Waals surface area contributed by atoms with Crippen molar-refractivity contribution in [3.63, 3.8) is 0 Å². The summed E-state index contributed by atoms with van der Waals surface area (Å²) < 4.78 is 12.3. The molecule has 152 valence electrons. The normalized spacial score (nSPS) is 11.2. The molecule has 0 saturated heterocycles. The fourth-order valence-corrected chi connectivity index (χ4v) is 3.00. The van der Waals surface area contributed by atoms with Gasteiger partial charge in [-0.05, 0) is 57.0 Å². The standard InChI is InChI=1S/C21H28BrN3O3/c1-5-27-18-9-16(13-24-12-15-7-6-8-23-11-15)17(22)10-19(18)28-14-20(26)25-21(2,3)4/h6-11,24H,5,12-14H2,1-4H3,(H,25,26). The number of carbonyl (C=O) groups excluding carboxylic acids is 1. The molecule has 0 atom stereocenters. The van der Waals surface area contributed by atoms with Crippen molar-refractivity contribution in [3.8, 4) is 11.5 Å². The van der Waals surface area contributed by atoms with E-state index in [1.165, 1.54) is 0 Å². The van der Waals surface area contributed by atoms with E-state index in [2.05, 4.69) is 31.5 Å². The molecule has 1 heterocycles. The summed E-state index contributed by atoms with van der Waals surface area (Å²) in [5, 5.41) is 6.27. The van der Waals surface area contributed by atoms with E-state index < -0.39 is 0 Å². The molecule has 1 aromatic heterocycles. The van der Waals surface area contributed by atoms with Gasteiger partial charge in [0.05, 0.1) is 6.61 Å². The molecule has 28 heavy (non-hydrogen) atoms. The number of hydrogen-bond donors (Lipinski definition) is 2. The molecule has 0 radical (unpaired) electrons. The molecular formula is C21H28BrN3O3. The molecule has 0 aliphatic rings. The van der Waals surface area contributed by atoms with Crippen LogP contribution in [0.3, 0.4) is 0 Å². The SMILES string of the molecule is CCOc1cc(CNCc2cccnc2)c(Br)cc1OCC(=O)NC(C)(C)C. The third-order valence-electron chi connectivity index (χ3n) is 3.65. The Morgan fingerprint density at radius 3 is 2.57 bits per heavy atom. The second-order valence-electron chi connectivity index (χ2n) is 7.38. The molecule has 0 unspecified atom stereocenters. The number of benzene rings is 1. The molecule has 7 heteroatoms. The van der Waals surface area contributed by atoms with E-state index in [0.717, 1.165) is 22.1 Å². The molecule has 2 N–H and O–H groups in total. The smallest absolute Gasteiger partial charge is 0.258 e. The van der Waals surface area contributed by atoms with E-state index in [4.69, 9.17) is 9.47 Å². The van der Waals surface area contributed by atoms with Crippen molar-refractivity contribution in [2.45, 2.75) is 46.3 Å². The molecule has 1 amide bonds. The number of aromatic nitrogens is 1. The van der Waals surface area contributed by atoms with Crippen LogP contribution >= 0.6 is 15.9 Å². The van der Waals surface area contributed by atoms with E-state index in [0.29, 0.717) is 24.7 Å². The largest absolute Gasteiger partial charge is 0.490 e. The Balaban J connectivity index is 2.02. The first-order valence-corrected chi connectivity index (χ1v) is 10.1. The Labute approximate surface area is 175 Å². The second-order valence-corrected chi connectivity index (χ2v) is 8.23. The maximum atomic E-state index is 12.0. The number of hydrogen-bond acceptors (Lipinski definition) is 5. The first-order valence-electron chi connectivity index (χ1n) is 9.27. The Hall–Kier alpha value is -2.12. The van der Waals surface area contributed by atoms with Crippen LogP contribution in [0.5, 0.6) is 11.5 Å². The van der Waals surface area contributed by atoms with Crippen LogP contribution in [0, 0.1) is 0 Å². The van der Waals surface area contributed by atoms with E-state index in [9.17, 15) is 4.79 Å². The van der Waals surface area contributed by atoms with Gasteiger partial charge in [0.25, 0.3) is 5.91 Å². The maximum absolute atomic E-state index is 12.0. The summed E-state index contributed by atoms with van der Waals surface area (Å²) in [4.78, 5) is 16.1. The summed E-state index contributed by atoms with van der Waals surface area (Å²) in [6, 6.07) is 7.72. The lowest BCUT2D eigenvalue weighted by molar-refractivity contribution is -0.124. The molecule has 2 rings (SSSR count). The molecular weight excluding hydrogens is 422 g/mol. The first kappa shape index (κ1) is 22.2. The highest BCUT2D eigenvalue weighted by molar-refractivity contribution is 9.10. The fraction of sp³-hybridized carbons (Fsp3) is 0.429. The van der Waals surface area contributed by atoms with Crippen molar-refractivity contribution in [2.24, 2.45) is 0 Å². The van der Waals surface area contributed by atoms with E-state index in [1.807, 2.05) is 58.2 Å². The zero-order valence-corrected chi connectivity index (χ0v) is 18.4. The van der Waals surface area contributed by atoms with Gasteiger partial charge in [-0.1, -0.05) is 22.0 Å². The summed E-state index contributed by atoms with van der Waals surface area (Å²) in [6.45, 7) is 9.52. The van der Waals surface area contributed by atoms with Crippen LogP contribution in [0.25, 0.3) is 0 Å². The molecule has 2 aromatic rings. The van der Waals surface area contributed by atoms with Crippen molar-refractivity contribution in [1.29, 1.82) is 0 Å². The van der Waals surface area contributed by atoms with Crippen LogP contribution in [-0.4, -0.2) is 29.6 Å². The van der Waals surface area contributed by atoms with Crippen molar-refractivity contribution < 1.29 is 14.3 Å². The number of ether oxygens (including phenoxy) is 2. The lowest BCUT2D eigenvalue weighted by Gasteiger charge is -2.21. The summed E-state index contributed by atoms with van der Waals surface area (Å²) >= 11 is 3.59. The van der Waals surface area contributed by atoms with E-state index >= 15 is 0 Å². The van der Waals surface area contributed by atoms with Crippen LogP contribution in [0.2, 0.25) is 0 Å². The van der Waals surface area contributed by atoms with E-state index in [-0.39, 0.29) is 18.1 Å². The minimum atomic E-state index is -0.298. The Bertz CT molecular complexity index is 776. The van der Waals surface area contributed by atoms with Gasteiger partial charge in [0.2, 0.25) is 0 Å². The van der Waals surface area contributed by atoms with Gasteiger partial charge in [-0.3, -0.25) is 9.78 Å².